The third kappa shape index (κ3) is 4.28. The molecule has 7 nitrogen and oxygen atoms in total. The number of carbonyl (C=O) groups excluding carboxylic acids is 1. The van der Waals surface area contributed by atoms with Gasteiger partial charge in [-0.3, -0.25) is 14.9 Å². The van der Waals surface area contributed by atoms with Crippen LogP contribution in [-0.2, 0) is 4.79 Å². The number of nitro groups is 1. The molecular weight excluding hydrogens is 400 g/mol. The summed E-state index contributed by atoms with van der Waals surface area (Å²) in [4.78, 5) is 27.8. The second kappa shape index (κ2) is 8.71. The van der Waals surface area contributed by atoms with Crippen molar-refractivity contribution in [1.29, 1.82) is 0 Å². The van der Waals surface area contributed by atoms with Crippen LogP contribution in [0.5, 0.6) is 0 Å². The Bertz CT molecular complexity index is 1190. The predicted octanol–water partition coefficient (Wildman–Crippen LogP) is 5.31. The molecule has 0 fully saturated rings. The molecule has 2 N–H and O–H groups in total. The molecular formula is C22H18N4O3S. The normalized spacial score (nSPS) is 10.7. The number of nitrogens with zero attached hydrogens (tertiary/aromatic N) is 2. The first-order valence-corrected chi connectivity index (χ1v) is 10.2. The lowest BCUT2D eigenvalue weighted by Crippen LogP contribution is -2.17. The molecule has 8 heteroatoms. The van der Waals surface area contributed by atoms with E-state index in [9.17, 15) is 14.9 Å². The summed E-state index contributed by atoms with van der Waals surface area (Å²) in [6, 6.07) is 21.8. The molecule has 0 aliphatic rings. The van der Waals surface area contributed by atoms with E-state index >= 15 is 0 Å². The summed E-state index contributed by atoms with van der Waals surface area (Å²) >= 11 is 1.57. The van der Waals surface area contributed by atoms with Gasteiger partial charge in [-0.15, -0.1) is 11.3 Å². The van der Waals surface area contributed by atoms with Crippen molar-refractivity contribution in [2.75, 3.05) is 17.2 Å². The second-order valence-electron chi connectivity index (χ2n) is 6.53. The van der Waals surface area contributed by atoms with Crippen molar-refractivity contribution in [2.45, 2.75) is 6.42 Å². The van der Waals surface area contributed by atoms with Crippen LogP contribution in [0.2, 0.25) is 0 Å². The van der Waals surface area contributed by atoms with Gasteiger partial charge >= 0.3 is 0 Å². The Balaban J connectivity index is 1.44. The molecule has 30 heavy (non-hydrogen) atoms. The Morgan fingerprint density at radius 1 is 0.967 bits per heavy atom. The van der Waals surface area contributed by atoms with Crippen LogP contribution in [0.4, 0.5) is 17.1 Å². The Hall–Kier alpha value is -3.78. The fourth-order valence-corrected chi connectivity index (χ4v) is 4.08. The maximum absolute atomic E-state index is 12.5. The largest absolute Gasteiger partial charge is 0.379 e. The molecule has 1 aromatic heterocycles. The molecule has 0 unspecified atom stereocenters. The summed E-state index contributed by atoms with van der Waals surface area (Å²) in [5.74, 6) is -0.186. The molecule has 0 atom stereocenters. The van der Waals surface area contributed by atoms with Crippen molar-refractivity contribution >= 4 is 44.5 Å². The highest BCUT2D eigenvalue weighted by Gasteiger charge is 2.14. The lowest BCUT2D eigenvalue weighted by atomic mass is 10.2. The Kier molecular flexibility index (Phi) is 5.67. The minimum Gasteiger partial charge on any atom is -0.379 e. The summed E-state index contributed by atoms with van der Waals surface area (Å²) in [5, 5.41) is 17.8. The number of para-hydroxylation sites is 4. The molecule has 0 spiro atoms. The zero-order chi connectivity index (χ0) is 20.9. The predicted molar refractivity (Wildman–Crippen MR) is 120 cm³/mol. The van der Waals surface area contributed by atoms with Crippen LogP contribution in [0.15, 0.2) is 72.8 Å². The van der Waals surface area contributed by atoms with Gasteiger partial charge in [0.1, 0.15) is 10.7 Å². The van der Waals surface area contributed by atoms with Gasteiger partial charge in [0.25, 0.3) is 5.69 Å². The van der Waals surface area contributed by atoms with E-state index in [1.54, 1.807) is 29.5 Å². The molecule has 0 saturated carbocycles. The molecule has 4 rings (SSSR count). The Morgan fingerprint density at radius 3 is 2.47 bits per heavy atom. The summed E-state index contributed by atoms with van der Waals surface area (Å²) in [6.45, 7) is 0.278. The molecule has 3 aromatic carbocycles. The van der Waals surface area contributed by atoms with E-state index in [1.807, 2.05) is 48.5 Å². The third-order valence-electron chi connectivity index (χ3n) is 4.49. The van der Waals surface area contributed by atoms with E-state index in [0.29, 0.717) is 11.4 Å². The highest BCUT2D eigenvalue weighted by Crippen LogP contribution is 2.34. The lowest BCUT2D eigenvalue weighted by molar-refractivity contribution is -0.384. The summed E-state index contributed by atoms with van der Waals surface area (Å²) < 4.78 is 1.09. The molecule has 0 bridgehead atoms. The molecule has 0 saturated heterocycles. The number of fused-ring (bicyclic) bond motifs is 1. The summed E-state index contributed by atoms with van der Waals surface area (Å²) in [7, 11) is 0. The Morgan fingerprint density at radius 2 is 1.67 bits per heavy atom. The van der Waals surface area contributed by atoms with Crippen LogP contribution < -0.4 is 10.6 Å². The fraction of sp³-hybridized carbons (Fsp3) is 0.0909. The van der Waals surface area contributed by atoms with Crippen molar-refractivity contribution < 1.29 is 9.72 Å². The van der Waals surface area contributed by atoms with Gasteiger partial charge in [0, 0.05) is 24.6 Å². The lowest BCUT2D eigenvalue weighted by Gasteiger charge is -2.10. The van der Waals surface area contributed by atoms with Crippen LogP contribution in [0, 0.1) is 10.1 Å². The van der Waals surface area contributed by atoms with Crippen LogP contribution in [0.25, 0.3) is 20.8 Å². The smallest absolute Gasteiger partial charge is 0.292 e. The third-order valence-corrected chi connectivity index (χ3v) is 5.56. The number of nitro benzene ring substituents is 1. The van der Waals surface area contributed by atoms with E-state index in [1.165, 1.54) is 6.07 Å². The maximum Gasteiger partial charge on any atom is 0.292 e. The first-order chi connectivity index (χ1) is 14.6. The fourth-order valence-electron chi connectivity index (χ4n) is 3.07. The highest BCUT2D eigenvalue weighted by molar-refractivity contribution is 7.21. The Labute approximate surface area is 176 Å². The number of amides is 1. The van der Waals surface area contributed by atoms with Crippen LogP contribution in [0.3, 0.4) is 0 Å². The molecule has 0 radical (unpaired) electrons. The van der Waals surface area contributed by atoms with Gasteiger partial charge in [-0.25, -0.2) is 4.98 Å². The summed E-state index contributed by atoms with van der Waals surface area (Å²) in [6.07, 6.45) is 0.167. The van der Waals surface area contributed by atoms with E-state index in [4.69, 9.17) is 0 Å². The number of thiazole rings is 1. The maximum atomic E-state index is 12.5. The number of aromatic nitrogens is 1. The van der Waals surface area contributed by atoms with E-state index in [-0.39, 0.29) is 24.6 Å². The van der Waals surface area contributed by atoms with Gasteiger partial charge in [-0.05, 0) is 30.3 Å². The van der Waals surface area contributed by atoms with Crippen LogP contribution in [-0.4, -0.2) is 22.4 Å². The number of carbonyl (C=O) groups is 1. The topological polar surface area (TPSA) is 97.2 Å². The van der Waals surface area contributed by atoms with Crippen molar-refractivity contribution in [1.82, 2.24) is 4.98 Å². The minimum absolute atomic E-state index is 0.0147. The van der Waals surface area contributed by atoms with Gasteiger partial charge in [-0.1, -0.05) is 36.4 Å². The van der Waals surface area contributed by atoms with E-state index in [2.05, 4.69) is 15.6 Å². The first-order valence-electron chi connectivity index (χ1n) is 9.34. The quantitative estimate of drug-likeness (QED) is 0.313. The van der Waals surface area contributed by atoms with Gasteiger partial charge in [0.05, 0.1) is 20.8 Å². The minimum atomic E-state index is -0.448. The monoisotopic (exact) mass is 418 g/mol. The second-order valence-corrected chi connectivity index (χ2v) is 7.56. The number of hydrogen-bond acceptors (Lipinski definition) is 6. The van der Waals surface area contributed by atoms with Crippen LogP contribution in [0.1, 0.15) is 6.42 Å². The zero-order valence-electron chi connectivity index (χ0n) is 15.9. The van der Waals surface area contributed by atoms with E-state index in [0.717, 1.165) is 20.8 Å². The van der Waals surface area contributed by atoms with Gasteiger partial charge in [-0.2, -0.15) is 0 Å². The van der Waals surface area contributed by atoms with Crippen molar-refractivity contribution in [3.63, 3.8) is 0 Å². The van der Waals surface area contributed by atoms with Crippen molar-refractivity contribution in [3.8, 4) is 10.6 Å². The molecule has 1 amide bonds. The van der Waals surface area contributed by atoms with E-state index < -0.39 is 4.92 Å². The van der Waals surface area contributed by atoms with Crippen LogP contribution >= 0.6 is 11.3 Å². The number of anilines is 2. The summed E-state index contributed by atoms with van der Waals surface area (Å²) in [5.41, 5.74) is 2.85. The van der Waals surface area contributed by atoms with Gasteiger partial charge in [0.15, 0.2) is 0 Å². The molecule has 150 valence electrons. The molecule has 1 heterocycles. The number of hydrogen-bond donors (Lipinski definition) is 2. The standard InChI is InChI=1S/C22H18N4O3S/c27-21(13-14-23-17-9-3-5-11-19(17)26(28)29)24-16-8-2-1-7-15(16)22-25-18-10-4-6-12-20(18)30-22/h1-12,23H,13-14H2,(H,24,27). The zero-order valence-corrected chi connectivity index (χ0v) is 16.7. The molecule has 0 aliphatic carbocycles. The average molecular weight is 418 g/mol. The molecule has 4 aromatic rings. The number of rotatable bonds is 7. The average Bonchev–Trinajstić information content (AvgIpc) is 3.18. The SMILES string of the molecule is O=C(CCNc1ccccc1[N+](=O)[O-])Nc1ccccc1-c1nc2ccccc2s1. The van der Waals surface area contributed by atoms with Crippen molar-refractivity contribution in [2.24, 2.45) is 0 Å². The van der Waals surface area contributed by atoms with Gasteiger partial charge in [0.2, 0.25) is 5.91 Å². The highest BCUT2D eigenvalue weighted by atomic mass is 32.1. The number of nitrogens with one attached hydrogen (secondary N) is 2. The van der Waals surface area contributed by atoms with Gasteiger partial charge < -0.3 is 10.6 Å². The molecule has 0 aliphatic heterocycles. The first kappa shape index (κ1) is 19.5. The van der Waals surface area contributed by atoms with Crippen molar-refractivity contribution in [3.05, 3.63) is 82.9 Å². The number of benzene rings is 3.